The van der Waals surface area contributed by atoms with Crippen molar-refractivity contribution >= 4 is 33.5 Å². The Morgan fingerprint density at radius 1 is 1.41 bits per heavy atom. The van der Waals surface area contributed by atoms with E-state index in [2.05, 4.69) is 21.0 Å². The van der Waals surface area contributed by atoms with Crippen LogP contribution in [-0.4, -0.2) is 20.9 Å². The van der Waals surface area contributed by atoms with Gasteiger partial charge in [0.1, 0.15) is 0 Å². The van der Waals surface area contributed by atoms with E-state index in [1.165, 1.54) is 10.9 Å². The molecule has 4 nitrogen and oxygen atoms in total. The number of hydrogen-bond donors (Lipinski definition) is 1. The summed E-state index contributed by atoms with van der Waals surface area (Å²) in [5, 5.41) is 13.7. The molecule has 1 aromatic carbocycles. The molecule has 0 aliphatic carbocycles. The number of carboxylic acid groups (broad SMARTS) is 1. The molecule has 0 saturated carbocycles. The van der Waals surface area contributed by atoms with E-state index >= 15 is 0 Å². The van der Waals surface area contributed by atoms with Gasteiger partial charge in [-0.15, -0.1) is 0 Å². The molecular formula is C11H8BrClN2O2. The van der Waals surface area contributed by atoms with Crippen molar-refractivity contribution in [2.24, 2.45) is 0 Å². The summed E-state index contributed by atoms with van der Waals surface area (Å²) < 4.78 is 1.90. The van der Waals surface area contributed by atoms with Crippen molar-refractivity contribution in [3.63, 3.8) is 0 Å². The Balaban J connectivity index is 2.30. The molecule has 1 aromatic heterocycles. The fourth-order valence-corrected chi connectivity index (χ4v) is 2.05. The van der Waals surface area contributed by atoms with Crippen LogP contribution in [0, 0.1) is 0 Å². The lowest BCUT2D eigenvalue weighted by Gasteiger charge is -2.05. The molecule has 0 amide bonds. The van der Waals surface area contributed by atoms with Crippen LogP contribution in [0.2, 0.25) is 5.02 Å². The molecule has 0 bridgehead atoms. The molecule has 0 aliphatic rings. The molecule has 0 spiro atoms. The first kappa shape index (κ1) is 12.1. The standard InChI is InChI=1S/C11H8BrClN2O2/c12-9-5-14-15(10(9)11(16)17)6-7-1-3-8(13)4-2-7/h1-5H,6H2,(H,16,17). The van der Waals surface area contributed by atoms with Gasteiger partial charge >= 0.3 is 5.97 Å². The zero-order valence-corrected chi connectivity index (χ0v) is 10.9. The third-order valence-corrected chi connectivity index (χ3v) is 3.08. The molecule has 88 valence electrons. The van der Waals surface area contributed by atoms with Crippen molar-refractivity contribution in [1.82, 2.24) is 9.78 Å². The number of hydrogen-bond acceptors (Lipinski definition) is 2. The molecule has 2 rings (SSSR count). The van der Waals surface area contributed by atoms with Crippen LogP contribution >= 0.6 is 27.5 Å². The summed E-state index contributed by atoms with van der Waals surface area (Å²) in [4.78, 5) is 11.0. The second-order valence-corrected chi connectivity index (χ2v) is 4.72. The molecule has 0 fully saturated rings. The fourth-order valence-electron chi connectivity index (χ4n) is 1.46. The van der Waals surface area contributed by atoms with Gasteiger partial charge in [0.05, 0.1) is 17.2 Å². The molecule has 0 saturated heterocycles. The van der Waals surface area contributed by atoms with E-state index in [9.17, 15) is 4.79 Å². The largest absolute Gasteiger partial charge is 0.476 e. The molecule has 2 aromatic rings. The van der Waals surface area contributed by atoms with Crippen molar-refractivity contribution in [3.05, 3.63) is 51.2 Å². The number of aromatic carboxylic acids is 1. The lowest BCUT2D eigenvalue weighted by atomic mass is 10.2. The first-order chi connectivity index (χ1) is 8.08. The minimum absolute atomic E-state index is 0.139. The maximum atomic E-state index is 11.0. The van der Waals surface area contributed by atoms with Gasteiger partial charge in [-0.25, -0.2) is 4.79 Å². The van der Waals surface area contributed by atoms with Crippen LogP contribution in [0.25, 0.3) is 0 Å². The van der Waals surface area contributed by atoms with Gasteiger partial charge in [0.2, 0.25) is 0 Å². The van der Waals surface area contributed by atoms with Crippen molar-refractivity contribution in [1.29, 1.82) is 0 Å². The minimum atomic E-state index is -1.01. The van der Waals surface area contributed by atoms with Gasteiger partial charge in [0.15, 0.2) is 5.69 Å². The van der Waals surface area contributed by atoms with Crippen LogP contribution in [0.1, 0.15) is 16.1 Å². The van der Waals surface area contributed by atoms with Crippen molar-refractivity contribution in [2.45, 2.75) is 6.54 Å². The Bertz CT molecular complexity index is 551. The normalized spacial score (nSPS) is 10.5. The Hall–Kier alpha value is -1.33. The third kappa shape index (κ3) is 2.68. The molecule has 0 atom stereocenters. The summed E-state index contributed by atoms with van der Waals surface area (Å²) in [5.74, 6) is -1.01. The van der Waals surface area contributed by atoms with Crippen molar-refractivity contribution < 1.29 is 9.90 Å². The molecule has 17 heavy (non-hydrogen) atoms. The van der Waals surface area contributed by atoms with Crippen molar-refractivity contribution in [3.8, 4) is 0 Å². The SMILES string of the molecule is O=C(O)c1c(Br)cnn1Cc1ccc(Cl)cc1. The maximum Gasteiger partial charge on any atom is 0.355 e. The summed E-state index contributed by atoms with van der Waals surface area (Å²) in [6.07, 6.45) is 1.47. The smallest absolute Gasteiger partial charge is 0.355 e. The fraction of sp³-hybridized carbons (Fsp3) is 0.0909. The third-order valence-electron chi connectivity index (χ3n) is 2.24. The Labute approximate surface area is 111 Å². The summed E-state index contributed by atoms with van der Waals surface area (Å²) in [6, 6.07) is 7.19. The highest BCUT2D eigenvalue weighted by Crippen LogP contribution is 2.18. The minimum Gasteiger partial charge on any atom is -0.476 e. The maximum absolute atomic E-state index is 11.0. The molecule has 6 heteroatoms. The highest BCUT2D eigenvalue weighted by atomic mass is 79.9. The summed E-state index contributed by atoms with van der Waals surface area (Å²) in [5.41, 5.74) is 1.08. The predicted octanol–water partition coefficient (Wildman–Crippen LogP) is 3.05. The lowest BCUT2D eigenvalue weighted by Crippen LogP contribution is -2.11. The number of halogens is 2. The Morgan fingerprint density at radius 3 is 2.65 bits per heavy atom. The van der Waals surface area contributed by atoms with Gasteiger partial charge in [0, 0.05) is 5.02 Å². The quantitative estimate of drug-likeness (QED) is 0.947. The number of nitrogens with zero attached hydrogens (tertiary/aromatic N) is 2. The summed E-state index contributed by atoms with van der Waals surface area (Å²) in [6.45, 7) is 0.393. The van der Waals surface area contributed by atoms with E-state index in [4.69, 9.17) is 16.7 Å². The Morgan fingerprint density at radius 2 is 2.06 bits per heavy atom. The first-order valence-electron chi connectivity index (χ1n) is 4.77. The van der Waals surface area contributed by atoms with E-state index < -0.39 is 5.97 Å². The second-order valence-electron chi connectivity index (χ2n) is 3.43. The van der Waals surface area contributed by atoms with E-state index in [1.807, 2.05) is 12.1 Å². The predicted molar refractivity (Wildman–Crippen MR) is 67.4 cm³/mol. The van der Waals surface area contributed by atoms with E-state index in [0.717, 1.165) is 5.56 Å². The van der Waals surface area contributed by atoms with Gasteiger partial charge in [0.25, 0.3) is 0 Å². The van der Waals surface area contributed by atoms with Crippen LogP contribution in [0.5, 0.6) is 0 Å². The topological polar surface area (TPSA) is 55.1 Å². The summed E-state index contributed by atoms with van der Waals surface area (Å²) >= 11 is 8.93. The number of carbonyl (C=O) groups is 1. The number of aromatic nitrogens is 2. The zero-order valence-electron chi connectivity index (χ0n) is 8.60. The van der Waals surface area contributed by atoms with Crippen LogP contribution in [-0.2, 0) is 6.54 Å². The van der Waals surface area contributed by atoms with Gasteiger partial charge in [-0.2, -0.15) is 5.10 Å². The molecular weight excluding hydrogens is 307 g/mol. The molecule has 0 unspecified atom stereocenters. The van der Waals surface area contributed by atoms with Gasteiger partial charge in [-0.3, -0.25) is 4.68 Å². The van der Waals surface area contributed by atoms with Crippen LogP contribution in [0.3, 0.4) is 0 Å². The molecule has 1 heterocycles. The average Bonchev–Trinajstić information content (AvgIpc) is 2.63. The zero-order chi connectivity index (χ0) is 12.4. The highest BCUT2D eigenvalue weighted by molar-refractivity contribution is 9.10. The van der Waals surface area contributed by atoms with E-state index in [0.29, 0.717) is 16.0 Å². The summed E-state index contributed by atoms with van der Waals surface area (Å²) in [7, 11) is 0. The monoisotopic (exact) mass is 314 g/mol. The van der Waals surface area contributed by atoms with Crippen molar-refractivity contribution in [2.75, 3.05) is 0 Å². The number of benzene rings is 1. The van der Waals surface area contributed by atoms with Crippen LogP contribution in [0.4, 0.5) is 0 Å². The van der Waals surface area contributed by atoms with Crippen LogP contribution < -0.4 is 0 Å². The van der Waals surface area contributed by atoms with Gasteiger partial charge in [-0.1, -0.05) is 23.7 Å². The molecule has 1 N–H and O–H groups in total. The van der Waals surface area contributed by atoms with E-state index in [-0.39, 0.29) is 5.69 Å². The van der Waals surface area contributed by atoms with Crippen LogP contribution in [0.15, 0.2) is 34.9 Å². The van der Waals surface area contributed by atoms with Gasteiger partial charge in [-0.05, 0) is 33.6 Å². The Kier molecular flexibility index (Phi) is 3.49. The lowest BCUT2D eigenvalue weighted by molar-refractivity contribution is 0.0683. The van der Waals surface area contributed by atoms with E-state index in [1.54, 1.807) is 12.1 Å². The highest BCUT2D eigenvalue weighted by Gasteiger charge is 2.15. The number of rotatable bonds is 3. The second kappa shape index (κ2) is 4.89. The first-order valence-corrected chi connectivity index (χ1v) is 5.94. The molecule has 0 aliphatic heterocycles. The van der Waals surface area contributed by atoms with Gasteiger partial charge < -0.3 is 5.11 Å². The number of carboxylic acids is 1. The average molecular weight is 316 g/mol. The molecule has 0 radical (unpaired) electrons.